The van der Waals surface area contributed by atoms with E-state index in [0.29, 0.717) is 12.8 Å². The average Bonchev–Trinajstić information content (AvgIpc) is 2.73. The Hall–Kier alpha value is -0.520. The zero-order valence-corrected chi connectivity index (χ0v) is 15.1. The number of benzene rings is 1. The third-order valence-corrected chi connectivity index (χ3v) is 7.40. The van der Waals surface area contributed by atoms with E-state index in [4.69, 9.17) is 0 Å². The predicted molar refractivity (Wildman–Crippen MR) is 87.3 cm³/mol. The van der Waals surface area contributed by atoms with Gasteiger partial charge in [-0.15, -0.1) is 0 Å². The van der Waals surface area contributed by atoms with Crippen molar-refractivity contribution in [2.45, 2.75) is 50.6 Å². The summed E-state index contributed by atoms with van der Waals surface area (Å²) in [5, 5.41) is 2.47. The summed E-state index contributed by atoms with van der Waals surface area (Å²) in [6.07, 6.45) is 0.964. The molecule has 1 aliphatic carbocycles. The van der Waals surface area contributed by atoms with E-state index in [1.807, 2.05) is 12.1 Å². The minimum absolute atomic E-state index is 0.0130. The standard InChI is InChI=1S/C14H23NO6P2/c1-14(2,3)11-5-4-9-7-12(8-10(9)6-11)15-13(22(16,17)18)23(19,20)21/h4-6,12-13,15H,7-8H2,1-3H3,(H2,16,17,18)(H2,19,20,21). The highest BCUT2D eigenvalue weighted by molar-refractivity contribution is 7.70. The molecule has 0 spiro atoms. The Kier molecular flexibility index (Phi) is 4.98. The minimum Gasteiger partial charge on any atom is -0.323 e. The number of rotatable bonds is 4. The lowest BCUT2D eigenvalue weighted by molar-refractivity contribution is 0.320. The minimum atomic E-state index is -4.96. The van der Waals surface area contributed by atoms with E-state index in [0.717, 1.165) is 16.7 Å². The molecule has 23 heavy (non-hydrogen) atoms. The number of nitrogens with one attached hydrogen (secondary N) is 1. The Balaban J connectivity index is 2.19. The van der Waals surface area contributed by atoms with Gasteiger partial charge in [0.2, 0.25) is 5.52 Å². The van der Waals surface area contributed by atoms with Crippen LogP contribution in [0.2, 0.25) is 0 Å². The molecule has 0 bridgehead atoms. The Morgan fingerprint density at radius 1 is 1.04 bits per heavy atom. The van der Waals surface area contributed by atoms with Crippen LogP contribution < -0.4 is 5.32 Å². The van der Waals surface area contributed by atoms with E-state index >= 15 is 0 Å². The Bertz CT molecular complexity index is 665. The zero-order valence-electron chi connectivity index (χ0n) is 13.3. The summed E-state index contributed by atoms with van der Waals surface area (Å²) in [7, 11) is -9.91. The number of hydrogen-bond acceptors (Lipinski definition) is 3. The smallest absolute Gasteiger partial charge is 0.323 e. The molecule has 0 saturated carbocycles. The second kappa shape index (κ2) is 6.08. The van der Waals surface area contributed by atoms with Gasteiger partial charge in [0.05, 0.1) is 0 Å². The fraction of sp³-hybridized carbons (Fsp3) is 0.571. The van der Waals surface area contributed by atoms with Crippen molar-refractivity contribution >= 4 is 15.2 Å². The van der Waals surface area contributed by atoms with Gasteiger partial charge in [0.15, 0.2) is 0 Å². The van der Waals surface area contributed by atoms with E-state index in [1.54, 1.807) is 0 Å². The van der Waals surface area contributed by atoms with Gasteiger partial charge in [-0.3, -0.25) is 14.4 Å². The molecule has 1 aromatic carbocycles. The fourth-order valence-electron chi connectivity index (χ4n) is 2.80. The van der Waals surface area contributed by atoms with Crippen molar-refractivity contribution < 1.29 is 28.7 Å². The van der Waals surface area contributed by atoms with Crippen LogP contribution in [0.25, 0.3) is 0 Å². The molecule has 0 heterocycles. The Morgan fingerprint density at radius 3 is 2.04 bits per heavy atom. The Morgan fingerprint density at radius 2 is 1.57 bits per heavy atom. The van der Waals surface area contributed by atoms with E-state index < -0.39 is 26.8 Å². The van der Waals surface area contributed by atoms with Crippen LogP contribution in [0.15, 0.2) is 18.2 Å². The van der Waals surface area contributed by atoms with Crippen LogP contribution in [0.1, 0.15) is 37.5 Å². The highest BCUT2D eigenvalue weighted by Crippen LogP contribution is 2.58. The van der Waals surface area contributed by atoms with Gasteiger partial charge in [-0.1, -0.05) is 39.0 Å². The van der Waals surface area contributed by atoms with E-state index in [-0.39, 0.29) is 5.41 Å². The molecule has 1 aromatic rings. The third kappa shape index (κ3) is 4.52. The number of fused-ring (bicyclic) bond motifs is 1. The van der Waals surface area contributed by atoms with Gasteiger partial charge in [-0.2, -0.15) is 0 Å². The maximum Gasteiger partial charge on any atom is 0.354 e. The van der Waals surface area contributed by atoms with Crippen molar-refractivity contribution in [2.75, 3.05) is 0 Å². The maximum absolute atomic E-state index is 11.4. The summed E-state index contributed by atoms with van der Waals surface area (Å²) in [4.78, 5) is 36.8. The molecule has 0 amide bonds. The SMILES string of the molecule is CC(C)(C)c1ccc2c(c1)CC(NC(P(=O)(O)O)P(=O)(O)O)C2. The first-order valence-corrected chi connectivity index (χ1v) is 10.6. The summed E-state index contributed by atoms with van der Waals surface area (Å²) in [6, 6.07) is 5.64. The molecule has 0 fully saturated rings. The molecular formula is C14H23NO6P2. The van der Waals surface area contributed by atoms with Crippen molar-refractivity contribution in [1.29, 1.82) is 0 Å². The fourth-order valence-corrected chi connectivity index (χ4v) is 5.18. The van der Waals surface area contributed by atoms with Crippen molar-refractivity contribution in [2.24, 2.45) is 0 Å². The Labute approximate surface area is 135 Å². The lowest BCUT2D eigenvalue weighted by Crippen LogP contribution is -2.38. The molecule has 1 aliphatic rings. The number of hydrogen-bond donors (Lipinski definition) is 5. The van der Waals surface area contributed by atoms with E-state index in [1.165, 1.54) is 0 Å². The third-order valence-electron chi connectivity index (χ3n) is 4.03. The maximum atomic E-state index is 11.4. The van der Waals surface area contributed by atoms with Crippen molar-refractivity contribution in [3.63, 3.8) is 0 Å². The van der Waals surface area contributed by atoms with Crippen LogP contribution in [0.4, 0.5) is 0 Å². The van der Waals surface area contributed by atoms with Crippen LogP contribution >= 0.6 is 15.2 Å². The molecule has 0 aliphatic heterocycles. The van der Waals surface area contributed by atoms with Gasteiger partial charge in [0.25, 0.3) is 0 Å². The van der Waals surface area contributed by atoms with Gasteiger partial charge >= 0.3 is 15.2 Å². The van der Waals surface area contributed by atoms with Crippen molar-refractivity contribution in [1.82, 2.24) is 5.32 Å². The van der Waals surface area contributed by atoms with Gasteiger partial charge in [0, 0.05) is 6.04 Å². The van der Waals surface area contributed by atoms with Gasteiger partial charge in [-0.25, -0.2) is 0 Å². The highest BCUT2D eigenvalue weighted by atomic mass is 31.2. The molecule has 2 rings (SSSR count). The molecule has 9 heteroatoms. The van der Waals surface area contributed by atoms with Gasteiger partial charge < -0.3 is 19.6 Å². The molecule has 7 nitrogen and oxygen atoms in total. The summed E-state index contributed by atoms with van der Waals surface area (Å²) < 4.78 is 22.7. The quantitative estimate of drug-likeness (QED) is 0.515. The summed E-state index contributed by atoms with van der Waals surface area (Å²) in [6.45, 7) is 6.28. The molecule has 0 radical (unpaired) electrons. The first kappa shape index (κ1) is 18.8. The monoisotopic (exact) mass is 363 g/mol. The van der Waals surface area contributed by atoms with Crippen molar-refractivity contribution in [3.05, 3.63) is 34.9 Å². The molecule has 1 unspecified atom stereocenters. The zero-order chi connectivity index (χ0) is 17.6. The second-order valence-corrected chi connectivity index (χ2v) is 10.9. The highest BCUT2D eigenvalue weighted by Gasteiger charge is 2.45. The second-order valence-electron chi connectivity index (χ2n) is 7.06. The summed E-state index contributed by atoms with van der Waals surface area (Å²) in [5.74, 6) is 0. The van der Waals surface area contributed by atoms with Gasteiger partial charge in [-0.05, 0) is 34.9 Å². The summed E-state index contributed by atoms with van der Waals surface area (Å²) >= 11 is 0. The molecule has 5 N–H and O–H groups in total. The largest absolute Gasteiger partial charge is 0.354 e. The lowest BCUT2D eigenvalue weighted by atomic mass is 9.85. The lowest BCUT2D eigenvalue weighted by Gasteiger charge is -2.24. The molecule has 130 valence electrons. The van der Waals surface area contributed by atoms with Crippen molar-refractivity contribution in [3.8, 4) is 0 Å². The predicted octanol–water partition coefficient (Wildman–Crippen LogP) is 1.68. The van der Waals surface area contributed by atoms with E-state index in [9.17, 15) is 28.7 Å². The molecule has 0 saturated heterocycles. The van der Waals surface area contributed by atoms with Gasteiger partial charge in [0.1, 0.15) is 0 Å². The van der Waals surface area contributed by atoms with Crippen LogP contribution in [0.5, 0.6) is 0 Å². The van der Waals surface area contributed by atoms with Crippen LogP contribution in [0, 0.1) is 0 Å². The molecule has 0 aromatic heterocycles. The summed E-state index contributed by atoms with van der Waals surface area (Å²) in [5.41, 5.74) is 1.06. The van der Waals surface area contributed by atoms with Crippen LogP contribution in [0.3, 0.4) is 0 Å². The molecular weight excluding hydrogens is 340 g/mol. The average molecular weight is 363 g/mol. The first-order valence-electron chi connectivity index (χ1n) is 7.27. The topological polar surface area (TPSA) is 127 Å². The van der Waals surface area contributed by atoms with Crippen LogP contribution in [-0.4, -0.2) is 31.1 Å². The normalized spacial score (nSPS) is 19.2. The van der Waals surface area contributed by atoms with Crippen LogP contribution in [-0.2, 0) is 27.4 Å². The first-order chi connectivity index (χ1) is 10.3. The molecule has 1 atom stereocenters. The van der Waals surface area contributed by atoms with E-state index in [2.05, 4.69) is 32.2 Å².